The topological polar surface area (TPSA) is 55.4 Å². The normalized spacial score (nSPS) is 29.6. The summed E-state index contributed by atoms with van der Waals surface area (Å²) >= 11 is 0. The Hall–Kier alpha value is -0.940. The first kappa shape index (κ1) is 31.0. The standard InChI is InChI=1S/C31H46O6P2/c1-27(2,21-32-38-34-25(23-17-13-11-14-18-23)28(3,4)30(7,8)36-38)22-33-39-35-26(24-19-15-12-16-20-24)29(5,6)31(9,10)37-39/h11-20,25-26H,21-22H2,1-10H3/t25-,26-,38?,39?/m0/s1. The van der Waals surface area contributed by atoms with E-state index in [2.05, 4.69) is 93.5 Å². The van der Waals surface area contributed by atoms with Crippen LogP contribution in [0.15, 0.2) is 60.7 Å². The van der Waals surface area contributed by atoms with E-state index in [1.54, 1.807) is 0 Å². The molecule has 8 heteroatoms. The molecule has 0 bridgehead atoms. The van der Waals surface area contributed by atoms with Crippen LogP contribution in [0.2, 0.25) is 0 Å². The van der Waals surface area contributed by atoms with Crippen LogP contribution in [0.3, 0.4) is 0 Å². The van der Waals surface area contributed by atoms with Gasteiger partial charge in [-0.1, -0.05) is 102 Å². The van der Waals surface area contributed by atoms with Gasteiger partial charge in [-0.15, -0.1) is 0 Å². The molecule has 0 saturated carbocycles. The molecule has 6 nitrogen and oxygen atoms in total. The van der Waals surface area contributed by atoms with Gasteiger partial charge in [0.2, 0.25) is 0 Å². The quantitative estimate of drug-likeness (QED) is 0.292. The van der Waals surface area contributed by atoms with Crippen molar-refractivity contribution in [2.24, 2.45) is 16.2 Å². The monoisotopic (exact) mass is 576 g/mol. The summed E-state index contributed by atoms with van der Waals surface area (Å²) in [5.41, 5.74) is 0.581. The Balaban J connectivity index is 1.39. The van der Waals surface area contributed by atoms with E-state index in [0.717, 1.165) is 11.1 Å². The minimum Gasteiger partial charge on any atom is -0.312 e. The van der Waals surface area contributed by atoms with Crippen molar-refractivity contribution in [3.05, 3.63) is 71.8 Å². The summed E-state index contributed by atoms with van der Waals surface area (Å²) < 4.78 is 38.3. The number of hydrogen-bond donors (Lipinski definition) is 0. The Morgan fingerprint density at radius 3 is 1.28 bits per heavy atom. The van der Waals surface area contributed by atoms with Crippen LogP contribution in [0.4, 0.5) is 0 Å². The zero-order valence-corrected chi connectivity index (χ0v) is 27.0. The van der Waals surface area contributed by atoms with E-state index >= 15 is 0 Å². The third-order valence-electron chi connectivity index (χ3n) is 8.73. The molecular weight excluding hydrogens is 530 g/mol. The maximum Gasteiger partial charge on any atom is 0.333 e. The molecule has 0 N–H and O–H groups in total. The van der Waals surface area contributed by atoms with Crippen molar-refractivity contribution >= 4 is 17.2 Å². The summed E-state index contributed by atoms with van der Waals surface area (Å²) in [7, 11) is -3.10. The SMILES string of the molecule is CC(C)(COP1O[C@@H](c2ccccc2)C(C)(C)C(C)(C)O1)COP1O[C@@H](c2ccccc2)C(C)(C)C(C)(C)O1. The lowest BCUT2D eigenvalue weighted by molar-refractivity contribution is -0.140. The van der Waals surface area contributed by atoms with Crippen LogP contribution in [-0.2, 0) is 27.1 Å². The third-order valence-corrected chi connectivity index (χ3v) is 11.4. The zero-order valence-electron chi connectivity index (χ0n) is 25.2. The van der Waals surface area contributed by atoms with E-state index in [1.807, 2.05) is 36.4 Å². The summed E-state index contributed by atoms with van der Waals surface area (Å²) in [6.45, 7) is 22.3. The molecular formula is C31H46O6P2. The number of hydrogen-bond acceptors (Lipinski definition) is 6. The Bertz CT molecular complexity index is 1000. The molecule has 2 aliphatic heterocycles. The molecule has 2 fully saturated rings. The van der Waals surface area contributed by atoms with Crippen molar-refractivity contribution in [1.29, 1.82) is 0 Å². The second-order valence-corrected chi connectivity index (χ2v) is 15.8. The Kier molecular flexibility index (Phi) is 9.05. The van der Waals surface area contributed by atoms with E-state index < -0.39 is 28.4 Å². The largest absolute Gasteiger partial charge is 0.333 e. The van der Waals surface area contributed by atoms with E-state index in [-0.39, 0.29) is 28.5 Å². The lowest BCUT2D eigenvalue weighted by Gasteiger charge is -2.52. The summed E-state index contributed by atoms with van der Waals surface area (Å²) in [6.07, 6.45) is -0.276. The van der Waals surface area contributed by atoms with Gasteiger partial charge in [-0.2, -0.15) is 0 Å². The van der Waals surface area contributed by atoms with Crippen molar-refractivity contribution in [3.8, 4) is 0 Å². The van der Waals surface area contributed by atoms with Crippen molar-refractivity contribution < 1.29 is 27.1 Å². The van der Waals surface area contributed by atoms with E-state index in [0.29, 0.717) is 13.2 Å². The van der Waals surface area contributed by atoms with E-state index in [4.69, 9.17) is 27.1 Å². The smallest absolute Gasteiger partial charge is 0.312 e. The average Bonchev–Trinajstić information content (AvgIpc) is 2.86. The summed E-state index contributed by atoms with van der Waals surface area (Å²) in [4.78, 5) is 0. The van der Waals surface area contributed by atoms with Gasteiger partial charge in [-0.3, -0.25) is 0 Å². The molecule has 4 rings (SSSR count). The molecule has 4 atom stereocenters. The Labute approximate surface area is 238 Å². The van der Waals surface area contributed by atoms with Crippen molar-refractivity contribution in [1.82, 2.24) is 0 Å². The predicted octanol–water partition coefficient (Wildman–Crippen LogP) is 9.69. The fourth-order valence-electron chi connectivity index (χ4n) is 4.54. The third kappa shape index (κ3) is 6.60. The second kappa shape index (κ2) is 11.4. The van der Waals surface area contributed by atoms with Crippen molar-refractivity contribution in [2.75, 3.05) is 13.2 Å². The molecule has 39 heavy (non-hydrogen) atoms. The molecule has 2 aromatic rings. The number of benzene rings is 2. The first-order chi connectivity index (χ1) is 18.1. The Morgan fingerprint density at radius 2 is 0.949 bits per heavy atom. The summed E-state index contributed by atoms with van der Waals surface area (Å²) in [6, 6.07) is 20.7. The van der Waals surface area contributed by atoms with Crippen molar-refractivity contribution in [2.45, 2.75) is 92.6 Å². The van der Waals surface area contributed by atoms with Crippen LogP contribution in [-0.4, -0.2) is 24.4 Å². The molecule has 2 aliphatic rings. The molecule has 2 saturated heterocycles. The molecule has 2 heterocycles. The molecule has 216 valence electrons. The highest BCUT2D eigenvalue weighted by molar-refractivity contribution is 7.42. The summed E-state index contributed by atoms with van der Waals surface area (Å²) in [5, 5.41) is 0. The van der Waals surface area contributed by atoms with Crippen LogP contribution < -0.4 is 0 Å². The highest BCUT2D eigenvalue weighted by Gasteiger charge is 2.54. The van der Waals surface area contributed by atoms with Crippen molar-refractivity contribution in [3.63, 3.8) is 0 Å². The lowest BCUT2D eigenvalue weighted by Crippen LogP contribution is -2.48. The highest BCUT2D eigenvalue weighted by atomic mass is 31.2. The molecule has 2 aromatic carbocycles. The zero-order chi connectivity index (χ0) is 28.7. The summed E-state index contributed by atoms with van der Waals surface area (Å²) in [5.74, 6) is 0. The van der Waals surface area contributed by atoms with Gasteiger partial charge in [-0.25, -0.2) is 0 Å². The average molecular weight is 577 g/mol. The van der Waals surface area contributed by atoms with Gasteiger partial charge in [0.15, 0.2) is 0 Å². The Morgan fingerprint density at radius 1 is 0.615 bits per heavy atom. The predicted molar refractivity (Wildman–Crippen MR) is 158 cm³/mol. The van der Waals surface area contributed by atoms with Gasteiger partial charge in [0.05, 0.1) is 36.6 Å². The van der Waals surface area contributed by atoms with Crippen LogP contribution in [0.5, 0.6) is 0 Å². The minimum atomic E-state index is -1.55. The fraction of sp³-hybridized carbons (Fsp3) is 0.613. The van der Waals surface area contributed by atoms with Gasteiger partial charge >= 0.3 is 17.2 Å². The van der Waals surface area contributed by atoms with Gasteiger partial charge in [0.1, 0.15) is 0 Å². The maximum absolute atomic E-state index is 6.46. The number of rotatable bonds is 8. The second-order valence-electron chi connectivity index (χ2n) is 13.6. The van der Waals surface area contributed by atoms with E-state index in [1.165, 1.54) is 0 Å². The first-order valence-electron chi connectivity index (χ1n) is 13.7. The molecule has 0 radical (unpaired) electrons. The van der Waals surface area contributed by atoms with Crippen LogP contribution in [0.1, 0.15) is 92.6 Å². The molecule has 0 aromatic heterocycles. The van der Waals surface area contributed by atoms with Gasteiger partial charge in [-0.05, 0) is 38.8 Å². The minimum absolute atomic E-state index is 0.138. The van der Waals surface area contributed by atoms with Gasteiger partial charge in [0, 0.05) is 16.2 Å². The van der Waals surface area contributed by atoms with Crippen LogP contribution in [0, 0.1) is 16.2 Å². The lowest BCUT2D eigenvalue weighted by atomic mass is 9.71. The maximum atomic E-state index is 6.46. The van der Waals surface area contributed by atoms with Crippen LogP contribution in [0.25, 0.3) is 0 Å². The molecule has 0 amide bonds. The van der Waals surface area contributed by atoms with E-state index in [9.17, 15) is 0 Å². The molecule has 0 spiro atoms. The molecule has 2 unspecified atom stereocenters. The van der Waals surface area contributed by atoms with Crippen LogP contribution >= 0.6 is 17.2 Å². The first-order valence-corrected chi connectivity index (χ1v) is 15.9. The fourth-order valence-corrected chi connectivity index (χ4v) is 8.09. The van der Waals surface area contributed by atoms with Gasteiger partial charge in [0.25, 0.3) is 0 Å². The molecule has 0 aliphatic carbocycles. The highest BCUT2D eigenvalue weighted by Crippen LogP contribution is 2.64. The van der Waals surface area contributed by atoms with Gasteiger partial charge < -0.3 is 27.1 Å².